The van der Waals surface area contributed by atoms with E-state index in [1.807, 2.05) is 31.2 Å². The standard InChI is InChI=1S/C23H26N8O3/c1-4-9-26-23(33)18-13-19(29-31(18)3)28-20(32)8-11-25-22-17-12-16(21-27-14(2)34-30-21)6-5-15(17)7-10-24-22/h5-7,10,12-13H,4,8-9,11H2,1-3H3,(H,24,25)(H,26,33)(H,28,29,32). The van der Waals surface area contributed by atoms with Crippen LogP contribution in [0.2, 0.25) is 0 Å². The number of hydrogen-bond donors (Lipinski definition) is 3. The molecule has 176 valence electrons. The summed E-state index contributed by atoms with van der Waals surface area (Å²) in [7, 11) is 1.66. The van der Waals surface area contributed by atoms with Crippen LogP contribution >= 0.6 is 0 Å². The van der Waals surface area contributed by atoms with Crippen LogP contribution in [-0.2, 0) is 11.8 Å². The highest BCUT2D eigenvalue weighted by atomic mass is 16.5. The first-order valence-corrected chi connectivity index (χ1v) is 11.0. The second-order valence-electron chi connectivity index (χ2n) is 7.75. The van der Waals surface area contributed by atoms with Crippen molar-refractivity contribution in [1.82, 2.24) is 30.2 Å². The van der Waals surface area contributed by atoms with Gasteiger partial charge in [0.15, 0.2) is 5.82 Å². The number of fused-ring (bicyclic) bond motifs is 1. The van der Waals surface area contributed by atoms with Gasteiger partial charge in [-0.3, -0.25) is 14.3 Å². The zero-order valence-electron chi connectivity index (χ0n) is 19.3. The van der Waals surface area contributed by atoms with Crippen LogP contribution in [0.3, 0.4) is 0 Å². The monoisotopic (exact) mass is 462 g/mol. The Morgan fingerprint density at radius 1 is 1.15 bits per heavy atom. The van der Waals surface area contributed by atoms with Gasteiger partial charge in [0, 0.05) is 56.7 Å². The summed E-state index contributed by atoms with van der Waals surface area (Å²) in [5.74, 6) is 1.53. The van der Waals surface area contributed by atoms with E-state index in [4.69, 9.17) is 4.52 Å². The smallest absolute Gasteiger partial charge is 0.269 e. The van der Waals surface area contributed by atoms with Crippen molar-refractivity contribution < 1.29 is 14.1 Å². The Hall–Kier alpha value is -4.28. The van der Waals surface area contributed by atoms with E-state index >= 15 is 0 Å². The van der Waals surface area contributed by atoms with Crippen LogP contribution in [0.4, 0.5) is 11.6 Å². The Balaban J connectivity index is 1.38. The molecule has 11 heteroatoms. The van der Waals surface area contributed by atoms with Gasteiger partial charge in [0.25, 0.3) is 5.91 Å². The molecule has 0 aliphatic rings. The molecule has 11 nitrogen and oxygen atoms in total. The highest BCUT2D eigenvalue weighted by Crippen LogP contribution is 2.26. The third-order valence-electron chi connectivity index (χ3n) is 5.11. The van der Waals surface area contributed by atoms with Crippen molar-refractivity contribution in [2.24, 2.45) is 7.05 Å². The lowest BCUT2D eigenvalue weighted by Crippen LogP contribution is -2.26. The number of aryl methyl sites for hydroxylation is 2. The van der Waals surface area contributed by atoms with E-state index in [9.17, 15) is 9.59 Å². The minimum atomic E-state index is -0.227. The summed E-state index contributed by atoms with van der Waals surface area (Å²) < 4.78 is 6.52. The molecule has 0 saturated heterocycles. The minimum Gasteiger partial charge on any atom is -0.369 e. The molecule has 34 heavy (non-hydrogen) atoms. The molecule has 0 spiro atoms. The zero-order valence-corrected chi connectivity index (χ0v) is 19.3. The number of hydrogen-bond acceptors (Lipinski definition) is 8. The average molecular weight is 463 g/mol. The van der Waals surface area contributed by atoms with E-state index in [1.165, 1.54) is 4.68 Å². The number of pyridine rings is 1. The van der Waals surface area contributed by atoms with Gasteiger partial charge in [-0.25, -0.2) is 4.98 Å². The van der Waals surface area contributed by atoms with Gasteiger partial charge in [-0.1, -0.05) is 24.2 Å². The average Bonchev–Trinajstić information content (AvgIpc) is 3.42. The maximum atomic E-state index is 12.4. The first kappa shape index (κ1) is 22.9. The van der Waals surface area contributed by atoms with E-state index < -0.39 is 0 Å². The van der Waals surface area contributed by atoms with Gasteiger partial charge < -0.3 is 20.5 Å². The fourth-order valence-corrected chi connectivity index (χ4v) is 3.43. The minimum absolute atomic E-state index is 0.190. The predicted octanol–water partition coefficient (Wildman–Crippen LogP) is 2.91. The first-order chi connectivity index (χ1) is 16.4. The van der Waals surface area contributed by atoms with Crippen molar-refractivity contribution in [3.63, 3.8) is 0 Å². The van der Waals surface area contributed by atoms with Crippen molar-refractivity contribution >= 4 is 34.2 Å². The Kier molecular flexibility index (Phi) is 6.81. The highest BCUT2D eigenvalue weighted by Gasteiger charge is 2.14. The normalized spacial score (nSPS) is 10.9. The Labute approximate surface area is 195 Å². The van der Waals surface area contributed by atoms with E-state index in [2.05, 4.69) is 36.2 Å². The fourth-order valence-electron chi connectivity index (χ4n) is 3.43. The van der Waals surface area contributed by atoms with E-state index in [-0.39, 0.29) is 18.2 Å². The van der Waals surface area contributed by atoms with Crippen LogP contribution in [0, 0.1) is 6.92 Å². The molecule has 0 unspecified atom stereocenters. The molecule has 0 saturated carbocycles. The van der Waals surface area contributed by atoms with Gasteiger partial charge in [0.1, 0.15) is 11.5 Å². The predicted molar refractivity (Wildman–Crippen MR) is 127 cm³/mol. The second kappa shape index (κ2) is 10.1. The number of amides is 2. The van der Waals surface area contributed by atoms with Gasteiger partial charge >= 0.3 is 0 Å². The lowest BCUT2D eigenvalue weighted by atomic mass is 10.1. The SMILES string of the molecule is CCCNC(=O)c1cc(NC(=O)CCNc2nccc3ccc(-c4noc(C)n4)cc23)nn1C. The van der Waals surface area contributed by atoms with Crippen LogP contribution in [-0.4, -0.2) is 49.8 Å². The van der Waals surface area contributed by atoms with Gasteiger partial charge in [0.2, 0.25) is 17.6 Å². The molecular formula is C23H26N8O3. The van der Waals surface area contributed by atoms with Crippen molar-refractivity contribution in [3.8, 4) is 11.4 Å². The van der Waals surface area contributed by atoms with Crippen LogP contribution in [0.1, 0.15) is 36.1 Å². The van der Waals surface area contributed by atoms with Gasteiger partial charge in [0.05, 0.1) is 0 Å². The van der Waals surface area contributed by atoms with Gasteiger partial charge in [-0.15, -0.1) is 0 Å². The van der Waals surface area contributed by atoms with Crippen LogP contribution in [0.15, 0.2) is 41.1 Å². The maximum Gasteiger partial charge on any atom is 0.269 e. The molecule has 3 aromatic heterocycles. The van der Waals surface area contributed by atoms with Crippen molar-refractivity contribution in [2.75, 3.05) is 23.7 Å². The third-order valence-corrected chi connectivity index (χ3v) is 5.11. The van der Waals surface area contributed by atoms with Crippen molar-refractivity contribution in [2.45, 2.75) is 26.7 Å². The summed E-state index contributed by atoms with van der Waals surface area (Å²) in [6, 6.07) is 9.30. The number of carbonyl (C=O) groups is 2. The summed E-state index contributed by atoms with van der Waals surface area (Å²) in [6.07, 6.45) is 2.74. The molecule has 4 rings (SSSR count). The molecule has 0 bridgehead atoms. The summed E-state index contributed by atoms with van der Waals surface area (Å²) >= 11 is 0. The van der Waals surface area contributed by atoms with E-state index in [0.29, 0.717) is 42.1 Å². The lowest BCUT2D eigenvalue weighted by Gasteiger charge is -2.09. The summed E-state index contributed by atoms with van der Waals surface area (Å²) in [4.78, 5) is 33.3. The number of aromatic nitrogens is 5. The molecule has 0 fully saturated rings. The number of carbonyl (C=O) groups excluding carboxylic acids is 2. The summed E-state index contributed by atoms with van der Waals surface area (Å²) in [5.41, 5.74) is 1.20. The van der Waals surface area contributed by atoms with Crippen LogP contribution in [0.25, 0.3) is 22.2 Å². The quantitative estimate of drug-likeness (QED) is 0.345. The zero-order chi connectivity index (χ0) is 24.1. The molecular weight excluding hydrogens is 436 g/mol. The molecule has 0 atom stereocenters. The number of nitrogens with zero attached hydrogens (tertiary/aromatic N) is 5. The molecule has 0 aliphatic heterocycles. The lowest BCUT2D eigenvalue weighted by molar-refractivity contribution is -0.116. The number of rotatable bonds is 9. The highest BCUT2D eigenvalue weighted by molar-refractivity contribution is 5.96. The molecule has 0 radical (unpaired) electrons. The molecule has 1 aromatic carbocycles. The molecule has 4 aromatic rings. The van der Waals surface area contributed by atoms with E-state index in [0.717, 1.165) is 22.8 Å². The van der Waals surface area contributed by atoms with Gasteiger partial charge in [-0.05, 0) is 23.9 Å². The second-order valence-corrected chi connectivity index (χ2v) is 7.75. The van der Waals surface area contributed by atoms with Crippen molar-refractivity contribution in [3.05, 3.63) is 48.1 Å². The molecule has 3 N–H and O–H groups in total. The van der Waals surface area contributed by atoms with Crippen molar-refractivity contribution in [1.29, 1.82) is 0 Å². The fraction of sp³-hybridized carbons (Fsp3) is 0.304. The van der Waals surface area contributed by atoms with Crippen LogP contribution in [0.5, 0.6) is 0 Å². The number of anilines is 2. The number of nitrogens with one attached hydrogen (secondary N) is 3. The number of benzene rings is 1. The Morgan fingerprint density at radius 3 is 2.76 bits per heavy atom. The Bertz CT molecular complexity index is 1330. The molecule has 2 amide bonds. The third kappa shape index (κ3) is 5.20. The summed E-state index contributed by atoms with van der Waals surface area (Å²) in [5, 5.41) is 18.8. The summed E-state index contributed by atoms with van der Waals surface area (Å²) in [6.45, 7) is 4.66. The molecule has 3 heterocycles. The van der Waals surface area contributed by atoms with Gasteiger partial charge in [-0.2, -0.15) is 10.1 Å². The largest absolute Gasteiger partial charge is 0.369 e. The van der Waals surface area contributed by atoms with Crippen LogP contribution < -0.4 is 16.0 Å². The maximum absolute atomic E-state index is 12.4. The van der Waals surface area contributed by atoms with E-state index in [1.54, 1.807) is 26.2 Å². The first-order valence-electron chi connectivity index (χ1n) is 11.0. The Morgan fingerprint density at radius 2 is 2.00 bits per heavy atom. The topological polar surface area (TPSA) is 140 Å². The molecule has 0 aliphatic carbocycles.